The van der Waals surface area contributed by atoms with Crippen LogP contribution in [0.15, 0.2) is 24.3 Å². The molecule has 0 saturated heterocycles. The first-order chi connectivity index (χ1) is 10.1. The van der Waals surface area contributed by atoms with Gasteiger partial charge in [0, 0.05) is 18.7 Å². The Labute approximate surface area is 129 Å². The first-order valence-corrected chi connectivity index (χ1v) is 7.27. The highest BCUT2D eigenvalue weighted by Gasteiger charge is 2.20. The quantitative estimate of drug-likeness (QED) is 0.795. The third-order valence-corrected chi connectivity index (χ3v) is 3.73. The molecule has 1 aromatic heterocycles. The average molecular weight is 310 g/mol. The van der Waals surface area contributed by atoms with Crippen molar-refractivity contribution in [3.05, 3.63) is 40.7 Å². The van der Waals surface area contributed by atoms with Crippen LogP contribution in [0.3, 0.4) is 0 Å². The summed E-state index contributed by atoms with van der Waals surface area (Å²) in [4.78, 5) is 0. The van der Waals surface area contributed by atoms with Gasteiger partial charge in [0.05, 0.1) is 18.7 Å². The topological polar surface area (TPSA) is 64.9 Å². The number of rotatable bonds is 7. The highest BCUT2D eigenvalue weighted by Crippen LogP contribution is 2.26. The summed E-state index contributed by atoms with van der Waals surface area (Å²) in [6, 6.07) is 7.73. The number of tetrazole rings is 1. The van der Waals surface area contributed by atoms with Gasteiger partial charge in [-0.3, -0.25) is 0 Å². The van der Waals surface area contributed by atoms with Gasteiger partial charge in [-0.15, -0.1) is 5.10 Å². The van der Waals surface area contributed by atoms with Crippen molar-refractivity contribution < 1.29 is 4.74 Å². The molecule has 0 radical (unpaired) electrons. The summed E-state index contributed by atoms with van der Waals surface area (Å²) in [5, 5.41) is 16.1. The molecule has 0 aliphatic rings. The van der Waals surface area contributed by atoms with Crippen LogP contribution >= 0.6 is 11.6 Å². The molecule has 2 atom stereocenters. The Balaban J connectivity index is 2.18. The van der Waals surface area contributed by atoms with E-state index in [-0.39, 0.29) is 12.1 Å². The maximum Gasteiger partial charge on any atom is 0.168 e. The Morgan fingerprint density at radius 2 is 2.10 bits per heavy atom. The lowest BCUT2D eigenvalue weighted by Crippen LogP contribution is -2.26. The van der Waals surface area contributed by atoms with Crippen LogP contribution in [0.2, 0.25) is 5.02 Å². The van der Waals surface area contributed by atoms with Crippen LogP contribution in [0.4, 0.5) is 0 Å². The fourth-order valence-corrected chi connectivity index (χ4v) is 2.47. The summed E-state index contributed by atoms with van der Waals surface area (Å²) >= 11 is 6.26. The lowest BCUT2D eigenvalue weighted by atomic mass is 10.1. The highest BCUT2D eigenvalue weighted by atomic mass is 35.5. The molecule has 1 aromatic carbocycles. The van der Waals surface area contributed by atoms with Crippen molar-refractivity contribution in [3.8, 4) is 0 Å². The molecular weight excluding hydrogens is 290 g/mol. The predicted molar refractivity (Wildman–Crippen MR) is 81.4 cm³/mol. The summed E-state index contributed by atoms with van der Waals surface area (Å²) < 4.78 is 6.83. The molecule has 0 amide bonds. The summed E-state index contributed by atoms with van der Waals surface area (Å²) in [6.45, 7) is 5.44. The molecule has 2 unspecified atom stereocenters. The molecule has 1 heterocycles. The van der Waals surface area contributed by atoms with Crippen molar-refractivity contribution in [1.82, 2.24) is 25.5 Å². The van der Waals surface area contributed by atoms with Crippen LogP contribution in [-0.4, -0.2) is 40.5 Å². The predicted octanol–water partition coefficient (Wildman–Crippen LogP) is 2.23. The van der Waals surface area contributed by atoms with Crippen LogP contribution in [-0.2, 0) is 4.74 Å². The van der Waals surface area contributed by atoms with E-state index < -0.39 is 0 Å². The monoisotopic (exact) mass is 309 g/mol. The number of nitrogens with one attached hydrogen (secondary N) is 1. The highest BCUT2D eigenvalue weighted by molar-refractivity contribution is 6.31. The molecule has 114 valence electrons. The number of aromatic nitrogens is 4. The zero-order chi connectivity index (χ0) is 15.2. The number of benzene rings is 1. The molecule has 0 bridgehead atoms. The van der Waals surface area contributed by atoms with Gasteiger partial charge in [-0.05, 0) is 35.9 Å². The molecule has 1 N–H and O–H groups in total. The fraction of sp³-hybridized carbons (Fsp3) is 0.500. The minimum Gasteiger partial charge on any atom is -0.383 e. The number of hydrogen-bond donors (Lipinski definition) is 1. The van der Waals surface area contributed by atoms with Crippen LogP contribution in [0.1, 0.15) is 37.3 Å². The second-order valence-electron chi connectivity index (χ2n) is 4.85. The smallest absolute Gasteiger partial charge is 0.168 e. The van der Waals surface area contributed by atoms with Crippen LogP contribution < -0.4 is 5.32 Å². The van der Waals surface area contributed by atoms with E-state index in [4.69, 9.17) is 16.3 Å². The zero-order valence-corrected chi connectivity index (χ0v) is 13.2. The Hall–Kier alpha value is -1.50. The second-order valence-corrected chi connectivity index (χ2v) is 5.25. The Morgan fingerprint density at radius 3 is 2.81 bits per heavy atom. The first kappa shape index (κ1) is 15.9. The first-order valence-electron chi connectivity index (χ1n) is 6.89. The third kappa shape index (κ3) is 3.78. The van der Waals surface area contributed by atoms with Gasteiger partial charge in [0.1, 0.15) is 0 Å². The van der Waals surface area contributed by atoms with Crippen LogP contribution in [0.25, 0.3) is 0 Å². The molecule has 0 aliphatic carbocycles. The summed E-state index contributed by atoms with van der Waals surface area (Å²) in [5.41, 5.74) is 0.997. The minimum absolute atomic E-state index is 0.0279. The van der Waals surface area contributed by atoms with Crippen molar-refractivity contribution in [2.24, 2.45) is 0 Å². The molecule has 0 saturated carbocycles. The van der Waals surface area contributed by atoms with Crippen LogP contribution in [0, 0.1) is 0 Å². The minimum atomic E-state index is -0.0321. The van der Waals surface area contributed by atoms with Crippen molar-refractivity contribution in [1.29, 1.82) is 0 Å². The van der Waals surface area contributed by atoms with E-state index in [0.29, 0.717) is 11.6 Å². The van der Waals surface area contributed by atoms with Gasteiger partial charge < -0.3 is 10.1 Å². The number of ether oxygens (including phenoxy) is 1. The number of methoxy groups -OCH3 is 1. The van der Waals surface area contributed by atoms with Gasteiger partial charge in [-0.2, -0.15) is 0 Å². The lowest BCUT2D eigenvalue weighted by Gasteiger charge is -2.18. The fourth-order valence-electron chi connectivity index (χ4n) is 2.18. The molecule has 0 fully saturated rings. The molecular formula is C14H20ClN5O. The average Bonchev–Trinajstić information content (AvgIpc) is 2.96. The van der Waals surface area contributed by atoms with Gasteiger partial charge in [0.25, 0.3) is 0 Å². The van der Waals surface area contributed by atoms with Crippen molar-refractivity contribution >= 4 is 11.6 Å². The van der Waals surface area contributed by atoms with Gasteiger partial charge in [0.15, 0.2) is 5.82 Å². The number of nitrogens with zero attached hydrogens (tertiary/aromatic N) is 4. The Morgan fingerprint density at radius 1 is 1.33 bits per heavy atom. The molecule has 7 heteroatoms. The Bertz CT molecular complexity index is 574. The maximum atomic E-state index is 6.26. The molecule has 2 aromatic rings. The SMILES string of the molecule is COCCNC(C)c1nnnn1C(C)c1ccccc1Cl. The van der Waals surface area contributed by atoms with Crippen molar-refractivity contribution in [2.45, 2.75) is 25.9 Å². The van der Waals surface area contributed by atoms with Crippen molar-refractivity contribution in [3.63, 3.8) is 0 Å². The van der Waals surface area contributed by atoms with Crippen LogP contribution in [0.5, 0.6) is 0 Å². The molecule has 0 spiro atoms. The van der Waals surface area contributed by atoms with E-state index in [0.717, 1.165) is 17.9 Å². The second kappa shape index (κ2) is 7.49. The molecule has 6 nitrogen and oxygen atoms in total. The summed E-state index contributed by atoms with van der Waals surface area (Å²) in [5.74, 6) is 0.776. The van der Waals surface area contributed by atoms with Crippen molar-refractivity contribution in [2.75, 3.05) is 20.3 Å². The van der Waals surface area contributed by atoms with E-state index in [2.05, 4.69) is 20.8 Å². The van der Waals surface area contributed by atoms with E-state index in [1.807, 2.05) is 38.1 Å². The molecule has 21 heavy (non-hydrogen) atoms. The van der Waals surface area contributed by atoms with E-state index >= 15 is 0 Å². The summed E-state index contributed by atoms with van der Waals surface area (Å²) in [7, 11) is 1.68. The Kier molecular flexibility index (Phi) is 5.67. The third-order valence-electron chi connectivity index (χ3n) is 3.38. The van der Waals surface area contributed by atoms with E-state index in [1.165, 1.54) is 0 Å². The van der Waals surface area contributed by atoms with E-state index in [9.17, 15) is 0 Å². The molecule has 2 rings (SSSR count). The molecule has 0 aliphatic heterocycles. The number of halogens is 1. The standard InChI is InChI=1S/C14H20ClN5O/c1-10(16-8-9-21-3)14-17-18-19-20(14)11(2)12-6-4-5-7-13(12)15/h4-7,10-11,16H,8-9H2,1-3H3. The van der Waals surface area contributed by atoms with Gasteiger partial charge in [-0.1, -0.05) is 29.8 Å². The van der Waals surface area contributed by atoms with E-state index in [1.54, 1.807) is 11.8 Å². The summed E-state index contributed by atoms with van der Waals surface area (Å²) in [6.07, 6.45) is 0. The lowest BCUT2D eigenvalue weighted by molar-refractivity contribution is 0.195. The number of hydrogen-bond acceptors (Lipinski definition) is 5. The zero-order valence-electron chi connectivity index (χ0n) is 12.5. The normalized spacial score (nSPS) is 14.1. The van der Waals surface area contributed by atoms with Gasteiger partial charge >= 0.3 is 0 Å². The maximum absolute atomic E-state index is 6.26. The van der Waals surface area contributed by atoms with Gasteiger partial charge in [-0.25, -0.2) is 4.68 Å². The largest absolute Gasteiger partial charge is 0.383 e. The van der Waals surface area contributed by atoms with Gasteiger partial charge in [0.2, 0.25) is 0 Å².